The van der Waals surface area contributed by atoms with Gasteiger partial charge in [0.25, 0.3) is 0 Å². The van der Waals surface area contributed by atoms with Crippen LogP contribution in [0, 0.1) is 0 Å². The molecule has 2 N–H and O–H groups in total. The molecule has 0 amide bonds. The van der Waals surface area contributed by atoms with Gasteiger partial charge < -0.3 is 4.98 Å². The monoisotopic (exact) mass is 437 g/mol. The molecule has 6 rings (SSSR count). The molecule has 8 nitrogen and oxygen atoms in total. The van der Waals surface area contributed by atoms with E-state index in [9.17, 15) is 4.79 Å². The summed E-state index contributed by atoms with van der Waals surface area (Å²) in [6, 6.07) is 7.88. The van der Waals surface area contributed by atoms with E-state index in [-0.39, 0.29) is 5.78 Å². The van der Waals surface area contributed by atoms with Crippen molar-refractivity contribution in [1.29, 1.82) is 0 Å². The molecule has 0 aliphatic rings. The highest BCUT2D eigenvalue weighted by Gasteiger charge is 2.16. The molecule has 32 heavy (non-hydrogen) atoms. The first-order valence-electron chi connectivity index (χ1n) is 9.85. The Morgan fingerprint density at radius 1 is 0.938 bits per heavy atom. The number of pyridine rings is 2. The zero-order valence-electron chi connectivity index (χ0n) is 16.8. The normalized spacial score (nSPS) is 11.4. The third-order valence-corrected chi connectivity index (χ3v) is 6.54. The summed E-state index contributed by atoms with van der Waals surface area (Å²) in [4.78, 5) is 34.0. The van der Waals surface area contributed by atoms with Crippen LogP contribution in [-0.2, 0) is 0 Å². The van der Waals surface area contributed by atoms with Crippen molar-refractivity contribution in [2.24, 2.45) is 0 Å². The molecule has 6 aromatic heterocycles. The number of carbonyl (C=O) groups excluding carboxylic acids is 1. The molecule has 0 saturated carbocycles. The first kappa shape index (κ1) is 18.5. The van der Waals surface area contributed by atoms with Gasteiger partial charge in [0.2, 0.25) is 0 Å². The highest BCUT2D eigenvalue weighted by Crippen LogP contribution is 2.36. The molecule has 0 aliphatic heterocycles. The molecule has 0 atom stereocenters. The highest BCUT2D eigenvalue weighted by molar-refractivity contribution is 7.17. The summed E-state index contributed by atoms with van der Waals surface area (Å²) in [6.45, 7) is 1.58. The zero-order chi connectivity index (χ0) is 21.7. The minimum absolute atomic E-state index is 0.0624. The van der Waals surface area contributed by atoms with Crippen LogP contribution in [0.1, 0.15) is 16.6 Å². The number of fused-ring (bicyclic) bond motifs is 2. The summed E-state index contributed by atoms with van der Waals surface area (Å²) < 4.78 is 0. The Kier molecular flexibility index (Phi) is 4.15. The SMILES string of the molecule is CC(=O)c1ccc(-c2cncc3[nH]c(-c4n[nH]c5cnc(-c6cncnc6)cc45)cc23)s1. The average Bonchev–Trinajstić information content (AvgIpc) is 3.56. The number of thiophene rings is 1. The van der Waals surface area contributed by atoms with Crippen molar-refractivity contribution in [3.63, 3.8) is 0 Å². The van der Waals surface area contributed by atoms with E-state index < -0.39 is 0 Å². The van der Waals surface area contributed by atoms with Gasteiger partial charge in [-0.25, -0.2) is 9.97 Å². The van der Waals surface area contributed by atoms with Gasteiger partial charge in [0, 0.05) is 45.4 Å². The van der Waals surface area contributed by atoms with Crippen LogP contribution in [-0.4, -0.2) is 40.9 Å². The van der Waals surface area contributed by atoms with Gasteiger partial charge in [0.05, 0.1) is 39.7 Å². The Bertz CT molecular complexity index is 1610. The molecular formula is C23H15N7OS. The number of nitrogens with one attached hydrogen (secondary N) is 2. The number of nitrogens with zero attached hydrogens (tertiary/aromatic N) is 5. The fourth-order valence-electron chi connectivity index (χ4n) is 3.76. The van der Waals surface area contributed by atoms with E-state index in [1.54, 1.807) is 31.7 Å². The maximum absolute atomic E-state index is 11.7. The molecule has 0 bridgehead atoms. The van der Waals surface area contributed by atoms with E-state index in [0.29, 0.717) is 0 Å². The van der Waals surface area contributed by atoms with Crippen LogP contribution < -0.4 is 0 Å². The Hall–Kier alpha value is -4.24. The lowest BCUT2D eigenvalue weighted by atomic mass is 10.1. The molecule has 0 saturated heterocycles. The molecule has 9 heteroatoms. The molecule has 0 aromatic carbocycles. The predicted molar refractivity (Wildman–Crippen MR) is 123 cm³/mol. The fourth-order valence-corrected chi connectivity index (χ4v) is 4.68. The van der Waals surface area contributed by atoms with E-state index in [1.807, 2.05) is 24.4 Å². The van der Waals surface area contributed by atoms with Gasteiger partial charge >= 0.3 is 0 Å². The lowest BCUT2D eigenvalue weighted by Crippen LogP contribution is -1.86. The Morgan fingerprint density at radius 2 is 1.81 bits per heavy atom. The second-order valence-electron chi connectivity index (χ2n) is 7.37. The minimum atomic E-state index is 0.0624. The third kappa shape index (κ3) is 2.98. The molecular weight excluding hydrogens is 422 g/mol. The van der Waals surface area contributed by atoms with Crippen molar-refractivity contribution in [2.45, 2.75) is 6.92 Å². The number of H-pyrrole nitrogens is 2. The number of carbonyl (C=O) groups is 1. The van der Waals surface area contributed by atoms with Gasteiger partial charge in [-0.05, 0) is 31.2 Å². The largest absolute Gasteiger partial charge is 0.352 e. The Balaban J connectivity index is 1.49. The lowest BCUT2D eigenvalue weighted by Gasteiger charge is -2.00. The second kappa shape index (κ2) is 7.17. The summed E-state index contributed by atoms with van der Waals surface area (Å²) in [6.07, 6.45) is 10.4. The maximum atomic E-state index is 11.7. The van der Waals surface area contributed by atoms with Crippen LogP contribution in [0.4, 0.5) is 0 Å². The Morgan fingerprint density at radius 3 is 2.62 bits per heavy atom. The molecule has 0 fully saturated rings. The standard InChI is InChI=1S/C23H15N7OS/c1-12(31)21-2-3-22(32-21)16-8-24-9-19-14(16)4-18(28-19)23-15-5-17(13-6-25-11-26-7-13)27-10-20(15)29-30-23/h2-11,28H,1H3,(H,29,30). The Labute approximate surface area is 185 Å². The summed E-state index contributed by atoms with van der Waals surface area (Å²) in [5.74, 6) is 0.0624. The summed E-state index contributed by atoms with van der Waals surface area (Å²) >= 11 is 1.47. The van der Waals surface area contributed by atoms with E-state index in [1.165, 1.54) is 17.7 Å². The zero-order valence-corrected chi connectivity index (χ0v) is 17.6. The summed E-state index contributed by atoms with van der Waals surface area (Å²) in [7, 11) is 0. The van der Waals surface area contributed by atoms with E-state index in [0.717, 1.165) is 59.8 Å². The number of aromatic nitrogens is 7. The van der Waals surface area contributed by atoms with Gasteiger partial charge in [-0.2, -0.15) is 5.10 Å². The molecule has 0 unspecified atom stereocenters. The van der Waals surface area contributed by atoms with Crippen LogP contribution in [0.2, 0.25) is 0 Å². The topological polar surface area (TPSA) is 113 Å². The molecule has 154 valence electrons. The number of hydrogen-bond donors (Lipinski definition) is 2. The first-order chi connectivity index (χ1) is 15.7. The van der Waals surface area contributed by atoms with E-state index >= 15 is 0 Å². The predicted octanol–water partition coefficient (Wildman–Crippen LogP) is 4.89. The maximum Gasteiger partial charge on any atom is 0.169 e. The van der Waals surface area contributed by atoms with E-state index in [2.05, 4.69) is 41.2 Å². The third-order valence-electron chi connectivity index (χ3n) is 5.32. The van der Waals surface area contributed by atoms with Crippen molar-refractivity contribution < 1.29 is 4.79 Å². The summed E-state index contributed by atoms with van der Waals surface area (Å²) in [5.41, 5.74) is 5.98. The number of Topliss-reactive ketones (excluding diaryl/α,β-unsaturated/α-hetero) is 1. The summed E-state index contributed by atoms with van der Waals surface area (Å²) in [5, 5.41) is 9.55. The van der Waals surface area contributed by atoms with Crippen molar-refractivity contribution >= 4 is 38.9 Å². The lowest BCUT2D eigenvalue weighted by molar-refractivity contribution is 0.102. The van der Waals surface area contributed by atoms with E-state index in [4.69, 9.17) is 0 Å². The smallest absolute Gasteiger partial charge is 0.169 e. The van der Waals surface area contributed by atoms with Crippen molar-refractivity contribution in [2.75, 3.05) is 0 Å². The van der Waals surface area contributed by atoms with Crippen molar-refractivity contribution in [1.82, 2.24) is 35.1 Å². The van der Waals surface area contributed by atoms with Crippen molar-refractivity contribution in [3.05, 3.63) is 66.5 Å². The van der Waals surface area contributed by atoms with Crippen LogP contribution in [0.25, 0.3) is 54.9 Å². The van der Waals surface area contributed by atoms with Gasteiger partial charge in [-0.1, -0.05) is 0 Å². The molecule has 0 radical (unpaired) electrons. The first-order valence-corrected chi connectivity index (χ1v) is 10.7. The number of rotatable bonds is 4. The van der Waals surface area contributed by atoms with Gasteiger partial charge in [-0.3, -0.25) is 19.9 Å². The molecule has 0 aliphatic carbocycles. The minimum Gasteiger partial charge on any atom is -0.352 e. The average molecular weight is 437 g/mol. The van der Waals surface area contributed by atoms with Crippen LogP contribution in [0.3, 0.4) is 0 Å². The second-order valence-corrected chi connectivity index (χ2v) is 8.45. The van der Waals surface area contributed by atoms with Gasteiger partial charge in [0.1, 0.15) is 12.0 Å². The van der Waals surface area contributed by atoms with Crippen LogP contribution in [0.15, 0.2) is 61.6 Å². The fraction of sp³-hybridized carbons (Fsp3) is 0.0435. The van der Waals surface area contributed by atoms with Gasteiger partial charge in [0.15, 0.2) is 5.78 Å². The highest BCUT2D eigenvalue weighted by atomic mass is 32.1. The number of hydrogen-bond acceptors (Lipinski definition) is 7. The van der Waals surface area contributed by atoms with Crippen LogP contribution >= 0.6 is 11.3 Å². The van der Waals surface area contributed by atoms with Gasteiger partial charge in [-0.15, -0.1) is 11.3 Å². The molecule has 6 heterocycles. The number of aromatic amines is 2. The van der Waals surface area contributed by atoms with Crippen LogP contribution in [0.5, 0.6) is 0 Å². The quantitative estimate of drug-likeness (QED) is 0.380. The molecule has 0 spiro atoms. The number of ketones is 1. The van der Waals surface area contributed by atoms with Crippen molar-refractivity contribution in [3.8, 4) is 33.1 Å². The molecule has 6 aromatic rings.